The molecule has 0 aliphatic carbocycles. The minimum atomic E-state index is 0.112. The molecule has 18 heavy (non-hydrogen) atoms. The van der Waals surface area contributed by atoms with Crippen LogP contribution in [-0.2, 0) is 16.0 Å². The van der Waals surface area contributed by atoms with Crippen LogP contribution in [0.15, 0.2) is 12.1 Å². The molecule has 1 aromatic carbocycles. The summed E-state index contributed by atoms with van der Waals surface area (Å²) >= 11 is 0. The lowest BCUT2D eigenvalue weighted by Crippen LogP contribution is -2.36. The molecule has 95 valence electrons. The second-order valence-corrected chi connectivity index (χ2v) is 4.72. The standard InChI is InChI=1S/C14H17N2O2/c1-11(17)16-6-5-12-13(3-2-4-14(12)16)15-7-9-18-10-8-15/h3-4H,5-10H2,1H3. The van der Waals surface area contributed by atoms with Crippen molar-refractivity contribution in [2.24, 2.45) is 0 Å². The van der Waals surface area contributed by atoms with Gasteiger partial charge >= 0.3 is 0 Å². The number of amides is 1. The van der Waals surface area contributed by atoms with Crippen molar-refractivity contribution in [2.75, 3.05) is 42.6 Å². The van der Waals surface area contributed by atoms with Crippen molar-refractivity contribution in [3.63, 3.8) is 0 Å². The summed E-state index contributed by atoms with van der Waals surface area (Å²) in [5.41, 5.74) is 3.54. The summed E-state index contributed by atoms with van der Waals surface area (Å²) in [6, 6.07) is 7.13. The molecule has 0 bridgehead atoms. The molecule has 2 aliphatic rings. The Labute approximate surface area is 107 Å². The number of hydrogen-bond donors (Lipinski definition) is 0. The lowest BCUT2D eigenvalue weighted by molar-refractivity contribution is -0.116. The molecule has 1 saturated heterocycles. The molecule has 0 spiro atoms. The summed E-state index contributed by atoms with van der Waals surface area (Å²) in [4.78, 5) is 15.8. The highest BCUT2D eigenvalue weighted by atomic mass is 16.5. The fourth-order valence-corrected chi connectivity index (χ4v) is 2.76. The molecular formula is C14H17N2O2. The zero-order valence-corrected chi connectivity index (χ0v) is 10.6. The lowest BCUT2D eigenvalue weighted by atomic mass is 10.1. The van der Waals surface area contributed by atoms with E-state index in [0.717, 1.165) is 45.0 Å². The SMILES string of the molecule is CC(=O)N1CCc2c(N3CCOCC3)c[c]cc21. The van der Waals surface area contributed by atoms with Crippen LogP contribution >= 0.6 is 0 Å². The van der Waals surface area contributed by atoms with Crippen LogP contribution in [0, 0.1) is 6.07 Å². The monoisotopic (exact) mass is 245 g/mol. The molecule has 2 heterocycles. The molecule has 1 amide bonds. The second kappa shape index (κ2) is 4.61. The maximum atomic E-state index is 11.6. The van der Waals surface area contributed by atoms with E-state index in [1.165, 1.54) is 11.3 Å². The van der Waals surface area contributed by atoms with Crippen LogP contribution in [0.3, 0.4) is 0 Å². The number of carbonyl (C=O) groups is 1. The van der Waals surface area contributed by atoms with Gasteiger partial charge < -0.3 is 14.5 Å². The zero-order valence-electron chi connectivity index (χ0n) is 10.6. The van der Waals surface area contributed by atoms with E-state index < -0.39 is 0 Å². The molecule has 0 saturated carbocycles. The number of benzene rings is 1. The normalized spacial score (nSPS) is 18.9. The van der Waals surface area contributed by atoms with E-state index in [4.69, 9.17) is 4.74 Å². The Bertz CT molecular complexity index is 467. The van der Waals surface area contributed by atoms with Crippen molar-refractivity contribution in [3.05, 3.63) is 23.8 Å². The van der Waals surface area contributed by atoms with Crippen molar-refractivity contribution in [3.8, 4) is 0 Å². The first-order chi connectivity index (χ1) is 8.77. The van der Waals surface area contributed by atoms with Crippen LogP contribution in [-0.4, -0.2) is 38.8 Å². The van der Waals surface area contributed by atoms with E-state index in [1.807, 2.05) is 17.0 Å². The number of fused-ring (bicyclic) bond motifs is 1. The summed E-state index contributed by atoms with van der Waals surface area (Å²) in [6.07, 6.45) is 0.941. The highest BCUT2D eigenvalue weighted by molar-refractivity contribution is 5.95. The van der Waals surface area contributed by atoms with Crippen LogP contribution in [0.2, 0.25) is 0 Å². The number of carbonyl (C=O) groups excluding carboxylic acids is 1. The molecule has 3 rings (SSSR count). The van der Waals surface area contributed by atoms with Gasteiger partial charge in [0.1, 0.15) is 0 Å². The lowest BCUT2D eigenvalue weighted by Gasteiger charge is -2.30. The minimum absolute atomic E-state index is 0.112. The Kier molecular flexibility index (Phi) is 2.96. The van der Waals surface area contributed by atoms with Crippen LogP contribution in [0.4, 0.5) is 11.4 Å². The maximum absolute atomic E-state index is 11.6. The maximum Gasteiger partial charge on any atom is 0.223 e. The Morgan fingerprint density at radius 1 is 1.22 bits per heavy atom. The molecule has 1 fully saturated rings. The molecular weight excluding hydrogens is 228 g/mol. The number of hydrogen-bond acceptors (Lipinski definition) is 3. The average Bonchev–Trinajstić information content (AvgIpc) is 2.83. The fourth-order valence-electron chi connectivity index (χ4n) is 2.76. The molecule has 0 atom stereocenters. The van der Waals surface area contributed by atoms with Crippen molar-refractivity contribution in [2.45, 2.75) is 13.3 Å². The van der Waals surface area contributed by atoms with Gasteiger partial charge in [0.25, 0.3) is 0 Å². The molecule has 1 aromatic rings. The van der Waals surface area contributed by atoms with Crippen LogP contribution < -0.4 is 9.80 Å². The van der Waals surface area contributed by atoms with Crippen LogP contribution in [0.25, 0.3) is 0 Å². The number of rotatable bonds is 1. The third-order valence-electron chi connectivity index (χ3n) is 3.67. The van der Waals surface area contributed by atoms with Gasteiger partial charge in [-0.2, -0.15) is 0 Å². The van der Waals surface area contributed by atoms with E-state index in [1.54, 1.807) is 6.92 Å². The molecule has 2 aliphatic heterocycles. The van der Waals surface area contributed by atoms with E-state index in [-0.39, 0.29) is 5.91 Å². The van der Waals surface area contributed by atoms with Gasteiger partial charge in [-0.15, -0.1) is 0 Å². The van der Waals surface area contributed by atoms with Gasteiger partial charge in [-0.3, -0.25) is 4.79 Å². The smallest absolute Gasteiger partial charge is 0.223 e. The van der Waals surface area contributed by atoms with Gasteiger partial charge in [-0.1, -0.05) is 0 Å². The molecule has 0 unspecified atom stereocenters. The van der Waals surface area contributed by atoms with Crippen LogP contribution in [0.1, 0.15) is 12.5 Å². The molecule has 4 nitrogen and oxygen atoms in total. The average molecular weight is 245 g/mol. The first-order valence-electron chi connectivity index (χ1n) is 6.41. The zero-order chi connectivity index (χ0) is 12.5. The second-order valence-electron chi connectivity index (χ2n) is 4.72. The highest BCUT2D eigenvalue weighted by Gasteiger charge is 2.26. The third kappa shape index (κ3) is 1.86. The Hall–Kier alpha value is -1.55. The Balaban J connectivity index is 1.95. The summed E-state index contributed by atoms with van der Waals surface area (Å²) in [7, 11) is 0. The number of anilines is 2. The quantitative estimate of drug-likeness (QED) is 0.746. The van der Waals surface area contributed by atoms with E-state index in [9.17, 15) is 4.79 Å². The van der Waals surface area contributed by atoms with E-state index >= 15 is 0 Å². The molecule has 1 radical (unpaired) electrons. The van der Waals surface area contributed by atoms with Crippen molar-refractivity contribution < 1.29 is 9.53 Å². The summed E-state index contributed by atoms with van der Waals surface area (Å²) in [5.74, 6) is 0.112. The van der Waals surface area contributed by atoms with Crippen LogP contribution in [0.5, 0.6) is 0 Å². The van der Waals surface area contributed by atoms with Crippen molar-refractivity contribution >= 4 is 17.3 Å². The molecule has 0 N–H and O–H groups in total. The minimum Gasteiger partial charge on any atom is -0.378 e. The van der Waals surface area contributed by atoms with Gasteiger partial charge in [0.2, 0.25) is 5.91 Å². The van der Waals surface area contributed by atoms with E-state index in [0.29, 0.717) is 0 Å². The first-order valence-corrected chi connectivity index (χ1v) is 6.41. The summed E-state index contributed by atoms with van der Waals surface area (Å²) in [5, 5.41) is 0. The van der Waals surface area contributed by atoms with Gasteiger partial charge in [-0.05, 0) is 24.6 Å². The summed E-state index contributed by atoms with van der Waals surface area (Å²) in [6.45, 7) is 5.81. The number of nitrogens with zero attached hydrogens (tertiary/aromatic N) is 2. The van der Waals surface area contributed by atoms with Gasteiger partial charge in [0, 0.05) is 43.5 Å². The first kappa shape index (κ1) is 11.5. The predicted molar refractivity (Wildman–Crippen MR) is 70.0 cm³/mol. The van der Waals surface area contributed by atoms with Gasteiger partial charge in [0.15, 0.2) is 0 Å². The Morgan fingerprint density at radius 2 is 1.94 bits per heavy atom. The van der Waals surface area contributed by atoms with Gasteiger partial charge in [0.05, 0.1) is 13.2 Å². The van der Waals surface area contributed by atoms with Crippen molar-refractivity contribution in [1.82, 2.24) is 0 Å². The molecule has 0 aromatic heterocycles. The third-order valence-corrected chi connectivity index (χ3v) is 3.67. The summed E-state index contributed by atoms with van der Waals surface area (Å²) < 4.78 is 5.38. The molecule has 4 heteroatoms. The van der Waals surface area contributed by atoms with E-state index in [2.05, 4.69) is 11.0 Å². The predicted octanol–water partition coefficient (Wildman–Crippen LogP) is 1.23. The van der Waals surface area contributed by atoms with Crippen molar-refractivity contribution in [1.29, 1.82) is 0 Å². The topological polar surface area (TPSA) is 32.8 Å². The Morgan fingerprint density at radius 3 is 2.67 bits per heavy atom. The number of ether oxygens (including phenoxy) is 1. The fraction of sp³-hybridized carbons (Fsp3) is 0.500. The highest BCUT2D eigenvalue weighted by Crippen LogP contribution is 2.35. The largest absolute Gasteiger partial charge is 0.378 e. The number of morpholine rings is 1. The van der Waals surface area contributed by atoms with Gasteiger partial charge in [-0.25, -0.2) is 0 Å².